The second kappa shape index (κ2) is 7.19. The predicted molar refractivity (Wildman–Crippen MR) is 104 cm³/mol. The van der Waals surface area contributed by atoms with Crippen molar-refractivity contribution in [2.75, 3.05) is 0 Å². The summed E-state index contributed by atoms with van der Waals surface area (Å²) in [6, 6.07) is 18.5. The van der Waals surface area contributed by atoms with Gasteiger partial charge in [0.25, 0.3) is 0 Å². The first-order valence-electron chi connectivity index (χ1n) is 8.70. The van der Waals surface area contributed by atoms with Gasteiger partial charge in [0.05, 0.1) is 11.1 Å². The molecular weight excluding hydrogens is 360 g/mol. The van der Waals surface area contributed by atoms with Crippen LogP contribution >= 0.6 is 0 Å². The largest absolute Gasteiger partial charge is 0.342 e. The number of nitrogens with zero attached hydrogens (tertiary/aromatic N) is 1. The lowest BCUT2D eigenvalue weighted by molar-refractivity contribution is 0.103. The molecule has 138 valence electrons. The van der Waals surface area contributed by atoms with E-state index in [0.29, 0.717) is 12.1 Å². The molecule has 0 fully saturated rings. The monoisotopic (exact) mass is 375 g/mol. The summed E-state index contributed by atoms with van der Waals surface area (Å²) in [5.41, 5.74) is 1.07. The summed E-state index contributed by atoms with van der Waals surface area (Å²) in [4.78, 5) is 25.8. The number of carbonyl (C=O) groups excluding carboxylic acids is 1. The second-order valence-electron chi connectivity index (χ2n) is 6.48. The molecule has 0 aliphatic rings. The average Bonchev–Trinajstić information content (AvgIpc) is 2.71. The van der Waals surface area contributed by atoms with Crippen molar-refractivity contribution < 1.29 is 13.6 Å². The second-order valence-corrected chi connectivity index (χ2v) is 6.48. The van der Waals surface area contributed by atoms with Crippen LogP contribution in [0.4, 0.5) is 8.78 Å². The fourth-order valence-corrected chi connectivity index (χ4v) is 3.20. The lowest BCUT2D eigenvalue weighted by Crippen LogP contribution is -2.20. The standard InChI is InChI=1S/C23H15F2NO2/c24-17-8-6-16(7-9-17)22(27)20-14-26(13-15-4-2-1-3-5-15)21-11-10-18(25)12-19(21)23(20)28/h1-12,14H,13H2. The summed E-state index contributed by atoms with van der Waals surface area (Å²) in [6.07, 6.45) is 1.49. The van der Waals surface area contributed by atoms with Crippen LogP contribution in [0.15, 0.2) is 83.8 Å². The van der Waals surface area contributed by atoms with Gasteiger partial charge in [-0.15, -0.1) is 0 Å². The Morgan fingerprint density at radius 1 is 0.857 bits per heavy atom. The summed E-state index contributed by atoms with van der Waals surface area (Å²) in [6.45, 7) is 0.410. The Kier molecular flexibility index (Phi) is 4.57. The highest BCUT2D eigenvalue weighted by atomic mass is 19.1. The molecule has 0 N–H and O–H groups in total. The normalized spacial score (nSPS) is 10.9. The first kappa shape index (κ1) is 17.8. The Balaban J connectivity index is 1.91. The quantitative estimate of drug-likeness (QED) is 0.491. The number of ketones is 1. The maximum absolute atomic E-state index is 13.8. The molecular formula is C23H15F2NO2. The number of rotatable bonds is 4. The van der Waals surface area contributed by atoms with Crippen molar-refractivity contribution in [1.29, 1.82) is 0 Å². The van der Waals surface area contributed by atoms with Gasteiger partial charge in [0.15, 0.2) is 5.78 Å². The van der Waals surface area contributed by atoms with Crippen molar-refractivity contribution >= 4 is 16.7 Å². The van der Waals surface area contributed by atoms with Crippen LogP contribution in [0.3, 0.4) is 0 Å². The first-order valence-corrected chi connectivity index (χ1v) is 8.70. The third-order valence-electron chi connectivity index (χ3n) is 4.59. The van der Waals surface area contributed by atoms with Crippen molar-refractivity contribution in [2.45, 2.75) is 6.54 Å². The minimum atomic E-state index is -0.553. The summed E-state index contributed by atoms with van der Waals surface area (Å²) in [7, 11) is 0. The highest BCUT2D eigenvalue weighted by Gasteiger charge is 2.18. The van der Waals surface area contributed by atoms with E-state index < -0.39 is 22.8 Å². The number of halogens is 2. The van der Waals surface area contributed by atoms with E-state index in [1.165, 1.54) is 30.5 Å². The summed E-state index contributed by atoms with van der Waals surface area (Å²) >= 11 is 0. The third-order valence-corrected chi connectivity index (χ3v) is 4.59. The highest BCUT2D eigenvalue weighted by Crippen LogP contribution is 2.18. The molecule has 0 aliphatic heterocycles. The summed E-state index contributed by atoms with van der Waals surface area (Å²) < 4.78 is 28.7. The van der Waals surface area contributed by atoms with Crippen molar-refractivity contribution in [3.8, 4) is 0 Å². The number of hydrogen-bond acceptors (Lipinski definition) is 2. The molecule has 1 heterocycles. The maximum atomic E-state index is 13.8. The van der Waals surface area contributed by atoms with E-state index in [-0.39, 0.29) is 16.5 Å². The molecule has 4 aromatic rings. The Morgan fingerprint density at radius 2 is 1.54 bits per heavy atom. The van der Waals surface area contributed by atoms with Crippen LogP contribution in [0.1, 0.15) is 21.5 Å². The fraction of sp³-hybridized carbons (Fsp3) is 0.0435. The van der Waals surface area contributed by atoms with Gasteiger partial charge >= 0.3 is 0 Å². The van der Waals surface area contributed by atoms with Crippen LogP contribution in [-0.2, 0) is 6.54 Å². The van der Waals surface area contributed by atoms with Gasteiger partial charge in [-0.25, -0.2) is 8.78 Å². The molecule has 0 radical (unpaired) electrons. The van der Waals surface area contributed by atoms with Gasteiger partial charge in [0, 0.05) is 23.7 Å². The highest BCUT2D eigenvalue weighted by molar-refractivity contribution is 6.10. The van der Waals surface area contributed by atoms with Crippen LogP contribution in [0.2, 0.25) is 0 Å². The smallest absolute Gasteiger partial charge is 0.200 e. The molecule has 0 aliphatic carbocycles. The Hall–Kier alpha value is -3.60. The maximum Gasteiger partial charge on any atom is 0.200 e. The fourth-order valence-electron chi connectivity index (χ4n) is 3.20. The minimum Gasteiger partial charge on any atom is -0.342 e. The molecule has 1 aromatic heterocycles. The van der Waals surface area contributed by atoms with Gasteiger partial charge in [-0.05, 0) is 48.0 Å². The Labute approximate surface area is 159 Å². The third kappa shape index (κ3) is 3.34. The Morgan fingerprint density at radius 3 is 2.25 bits per heavy atom. The van der Waals surface area contributed by atoms with E-state index in [0.717, 1.165) is 23.8 Å². The molecule has 0 amide bonds. The van der Waals surface area contributed by atoms with E-state index in [1.807, 2.05) is 30.3 Å². The average molecular weight is 375 g/mol. The zero-order chi connectivity index (χ0) is 19.7. The molecule has 5 heteroatoms. The number of benzene rings is 3. The first-order chi connectivity index (χ1) is 13.5. The van der Waals surface area contributed by atoms with Gasteiger partial charge in [0.2, 0.25) is 5.43 Å². The zero-order valence-corrected chi connectivity index (χ0v) is 14.7. The Bertz CT molecular complexity index is 1230. The van der Waals surface area contributed by atoms with Gasteiger partial charge in [0.1, 0.15) is 11.6 Å². The topological polar surface area (TPSA) is 39.1 Å². The molecule has 4 rings (SSSR count). The molecule has 3 aromatic carbocycles. The van der Waals surface area contributed by atoms with Crippen molar-refractivity contribution in [2.24, 2.45) is 0 Å². The molecule has 0 saturated carbocycles. The van der Waals surface area contributed by atoms with E-state index in [1.54, 1.807) is 4.57 Å². The van der Waals surface area contributed by atoms with Crippen LogP contribution in [0.5, 0.6) is 0 Å². The molecule has 0 spiro atoms. The number of fused-ring (bicyclic) bond motifs is 1. The van der Waals surface area contributed by atoms with E-state index in [4.69, 9.17) is 0 Å². The zero-order valence-electron chi connectivity index (χ0n) is 14.7. The molecule has 0 saturated heterocycles. The molecule has 0 atom stereocenters. The van der Waals surface area contributed by atoms with Crippen LogP contribution < -0.4 is 5.43 Å². The molecule has 3 nitrogen and oxygen atoms in total. The lowest BCUT2D eigenvalue weighted by atomic mass is 10.0. The van der Waals surface area contributed by atoms with Crippen molar-refractivity contribution in [3.05, 3.63) is 118 Å². The van der Waals surface area contributed by atoms with Crippen molar-refractivity contribution in [3.63, 3.8) is 0 Å². The van der Waals surface area contributed by atoms with E-state index >= 15 is 0 Å². The van der Waals surface area contributed by atoms with E-state index in [9.17, 15) is 18.4 Å². The molecule has 0 bridgehead atoms. The minimum absolute atomic E-state index is 0.0827. The number of carbonyl (C=O) groups is 1. The molecule has 28 heavy (non-hydrogen) atoms. The van der Waals surface area contributed by atoms with Crippen LogP contribution in [-0.4, -0.2) is 10.4 Å². The number of pyridine rings is 1. The summed E-state index contributed by atoms with van der Waals surface area (Å²) in [5.74, 6) is -1.56. The number of hydrogen-bond donors (Lipinski definition) is 0. The van der Waals surface area contributed by atoms with E-state index in [2.05, 4.69) is 0 Å². The van der Waals surface area contributed by atoms with Crippen LogP contribution in [0.25, 0.3) is 10.9 Å². The van der Waals surface area contributed by atoms with Gasteiger partial charge in [-0.2, -0.15) is 0 Å². The SMILES string of the molecule is O=C(c1ccc(F)cc1)c1cn(Cc2ccccc2)c2ccc(F)cc2c1=O. The van der Waals surface area contributed by atoms with Gasteiger partial charge < -0.3 is 4.57 Å². The van der Waals surface area contributed by atoms with Gasteiger partial charge in [-0.1, -0.05) is 30.3 Å². The van der Waals surface area contributed by atoms with Crippen molar-refractivity contribution in [1.82, 2.24) is 4.57 Å². The van der Waals surface area contributed by atoms with Gasteiger partial charge in [-0.3, -0.25) is 9.59 Å². The number of aromatic nitrogens is 1. The molecule has 0 unspecified atom stereocenters. The summed E-state index contributed by atoms with van der Waals surface area (Å²) in [5, 5.41) is 0.129. The lowest BCUT2D eigenvalue weighted by Gasteiger charge is -2.13. The predicted octanol–water partition coefficient (Wildman–Crippen LogP) is 4.56. The van der Waals surface area contributed by atoms with Crippen LogP contribution in [0, 0.1) is 11.6 Å².